The van der Waals surface area contributed by atoms with E-state index >= 15 is 0 Å². The Hall–Kier alpha value is -3.36. The molecule has 31 heavy (non-hydrogen) atoms. The lowest BCUT2D eigenvalue weighted by molar-refractivity contribution is -0.117. The maximum Gasteiger partial charge on any atom is 0.387 e. The van der Waals surface area contributed by atoms with E-state index in [0.717, 1.165) is 17.7 Å². The fourth-order valence-corrected chi connectivity index (χ4v) is 3.44. The zero-order valence-corrected chi connectivity index (χ0v) is 17.5. The molecule has 1 heterocycles. The van der Waals surface area contributed by atoms with Gasteiger partial charge < -0.3 is 25.0 Å². The number of anilines is 1. The SMILES string of the molecule is CCOc1cccc(CNC(=NC)NCC(=O)N2CCc3ccccc32)c1OC(F)F. The first-order valence-electron chi connectivity index (χ1n) is 10.1. The molecule has 1 aliphatic rings. The summed E-state index contributed by atoms with van der Waals surface area (Å²) in [7, 11) is 1.57. The molecule has 0 bridgehead atoms. The maximum absolute atomic E-state index is 12.9. The zero-order chi connectivity index (χ0) is 22.2. The summed E-state index contributed by atoms with van der Waals surface area (Å²) in [6.45, 7) is -0.0416. The average Bonchev–Trinajstić information content (AvgIpc) is 3.19. The van der Waals surface area contributed by atoms with Crippen LogP contribution in [-0.2, 0) is 17.8 Å². The Morgan fingerprint density at radius 2 is 2.00 bits per heavy atom. The lowest BCUT2D eigenvalue weighted by Crippen LogP contribution is -2.44. The highest BCUT2D eigenvalue weighted by atomic mass is 19.3. The van der Waals surface area contributed by atoms with Crippen LogP contribution in [0, 0.1) is 0 Å². The standard InChI is InChI=1S/C22H26F2N4O3/c1-3-30-18-10-6-8-16(20(18)31-21(23)24)13-26-22(25-2)27-14-19(29)28-12-11-15-7-4-5-9-17(15)28/h4-10,21H,3,11-14H2,1-2H3,(H2,25,26,27). The van der Waals surface area contributed by atoms with E-state index in [9.17, 15) is 13.6 Å². The van der Waals surface area contributed by atoms with E-state index in [1.54, 1.807) is 37.1 Å². The molecular weight excluding hydrogens is 406 g/mol. The van der Waals surface area contributed by atoms with Gasteiger partial charge in [0.1, 0.15) is 0 Å². The molecule has 1 aliphatic heterocycles. The number of ether oxygens (including phenoxy) is 2. The van der Waals surface area contributed by atoms with E-state index in [0.29, 0.717) is 24.7 Å². The summed E-state index contributed by atoms with van der Waals surface area (Å²) >= 11 is 0. The predicted molar refractivity (Wildman–Crippen MR) is 115 cm³/mol. The smallest absolute Gasteiger partial charge is 0.387 e. The van der Waals surface area contributed by atoms with Crippen LogP contribution >= 0.6 is 0 Å². The summed E-state index contributed by atoms with van der Waals surface area (Å²) in [6.07, 6.45) is 0.831. The molecule has 1 amide bonds. The molecule has 0 saturated carbocycles. The predicted octanol–water partition coefficient (Wildman–Crippen LogP) is 2.94. The number of hydrogen-bond acceptors (Lipinski definition) is 4. The minimum absolute atomic E-state index is 0.0212. The van der Waals surface area contributed by atoms with Gasteiger partial charge >= 0.3 is 6.61 Å². The first kappa shape index (κ1) is 22.3. The molecule has 2 N–H and O–H groups in total. The molecule has 0 spiro atoms. The van der Waals surface area contributed by atoms with Crippen LogP contribution in [0.2, 0.25) is 0 Å². The van der Waals surface area contributed by atoms with Gasteiger partial charge in [-0.3, -0.25) is 9.79 Å². The largest absolute Gasteiger partial charge is 0.490 e. The Balaban J connectivity index is 1.60. The van der Waals surface area contributed by atoms with Crippen LogP contribution in [-0.4, -0.2) is 45.2 Å². The number of carbonyl (C=O) groups excluding carboxylic acids is 1. The van der Waals surface area contributed by atoms with Gasteiger partial charge in [-0.15, -0.1) is 0 Å². The Morgan fingerprint density at radius 3 is 2.74 bits per heavy atom. The molecule has 0 atom stereocenters. The van der Waals surface area contributed by atoms with Gasteiger partial charge in [-0.05, 0) is 31.0 Å². The molecule has 0 fully saturated rings. The topological polar surface area (TPSA) is 75.2 Å². The van der Waals surface area contributed by atoms with Crippen LogP contribution in [0.15, 0.2) is 47.5 Å². The molecule has 0 saturated heterocycles. The quantitative estimate of drug-likeness (QED) is 0.496. The lowest BCUT2D eigenvalue weighted by Gasteiger charge is -2.19. The molecule has 0 aliphatic carbocycles. The molecule has 0 radical (unpaired) electrons. The van der Waals surface area contributed by atoms with Gasteiger partial charge in [0.05, 0.1) is 13.2 Å². The molecule has 0 unspecified atom stereocenters. The second kappa shape index (κ2) is 10.6. The summed E-state index contributed by atoms with van der Waals surface area (Å²) in [6, 6.07) is 12.8. The van der Waals surface area contributed by atoms with Gasteiger partial charge in [0, 0.05) is 31.4 Å². The highest BCUT2D eigenvalue weighted by Gasteiger charge is 2.24. The first-order chi connectivity index (χ1) is 15.0. The zero-order valence-electron chi connectivity index (χ0n) is 17.5. The number of benzene rings is 2. The van der Waals surface area contributed by atoms with Gasteiger partial charge in [-0.2, -0.15) is 8.78 Å². The Morgan fingerprint density at radius 1 is 1.19 bits per heavy atom. The molecule has 7 nitrogen and oxygen atoms in total. The number of aliphatic imine (C=N–C) groups is 1. The van der Waals surface area contributed by atoms with E-state index in [2.05, 4.69) is 20.4 Å². The van der Waals surface area contributed by atoms with Crippen molar-refractivity contribution < 1.29 is 23.0 Å². The van der Waals surface area contributed by atoms with E-state index in [4.69, 9.17) is 4.74 Å². The van der Waals surface area contributed by atoms with Gasteiger partial charge in [-0.1, -0.05) is 30.3 Å². The van der Waals surface area contributed by atoms with Gasteiger partial charge in [0.25, 0.3) is 0 Å². The van der Waals surface area contributed by atoms with Crippen molar-refractivity contribution in [1.82, 2.24) is 10.6 Å². The number of carbonyl (C=O) groups is 1. The Bertz CT molecular complexity index is 937. The fraction of sp³-hybridized carbons (Fsp3) is 0.364. The van der Waals surface area contributed by atoms with E-state index in [1.807, 2.05) is 24.3 Å². The van der Waals surface area contributed by atoms with E-state index < -0.39 is 6.61 Å². The summed E-state index contributed by atoms with van der Waals surface area (Å²) in [5.74, 6) is 0.513. The number of nitrogens with one attached hydrogen (secondary N) is 2. The fourth-order valence-electron chi connectivity index (χ4n) is 3.44. The van der Waals surface area contributed by atoms with Crippen molar-refractivity contribution in [2.24, 2.45) is 4.99 Å². The molecule has 3 rings (SSSR count). The monoisotopic (exact) mass is 432 g/mol. The Labute approximate surface area is 180 Å². The molecular formula is C22H26F2N4O3. The summed E-state index contributed by atoms with van der Waals surface area (Å²) in [4.78, 5) is 18.5. The number of para-hydroxylation sites is 2. The highest BCUT2D eigenvalue weighted by molar-refractivity contribution is 5.98. The number of rotatable bonds is 8. The number of guanidine groups is 1. The van der Waals surface area contributed by atoms with Gasteiger partial charge in [0.2, 0.25) is 5.91 Å². The number of alkyl halides is 2. The average molecular weight is 432 g/mol. The van der Waals surface area contributed by atoms with Crippen LogP contribution in [0.3, 0.4) is 0 Å². The minimum Gasteiger partial charge on any atom is -0.490 e. The van der Waals surface area contributed by atoms with Crippen molar-refractivity contribution in [2.45, 2.75) is 26.5 Å². The van der Waals surface area contributed by atoms with Crippen LogP contribution < -0.4 is 25.0 Å². The summed E-state index contributed by atoms with van der Waals surface area (Å²) in [5.41, 5.74) is 2.56. The molecule has 9 heteroatoms. The van der Waals surface area contributed by atoms with E-state index in [1.165, 1.54) is 0 Å². The van der Waals surface area contributed by atoms with Gasteiger partial charge in [-0.25, -0.2) is 0 Å². The third kappa shape index (κ3) is 5.62. The second-order valence-corrected chi connectivity index (χ2v) is 6.76. The Kier molecular flexibility index (Phi) is 7.64. The van der Waals surface area contributed by atoms with Crippen LogP contribution in [0.5, 0.6) is 11.5 Å². The molecule has 0 aromatic heterocycles. The number of fused-ring (bicyclic) bond motifs is 1. The highest BCUT2D eigenvalue weighted by Crippen LogP contribution is 2.32. The normalized spacial score (nSPS) is 13.2. The van der Waals surface area contributed by atoms with Crippen LogP contribution in [0.1, 0.15) is 18.1 Å². The molecule has 166 valence electrons. The van der Waals surface area contributed by atoms with Crippen molar-refractivity contribution >= 4 is 17.6 Å². The van der Waals surface area contributed by atoms with E-state index in [-0.39, 0.29) is 30.5 Å². The number of hydrogen-bond donors (Lipinski definition) is 2. The van der Waals surface area contributed by atoms with Crippen molar-refractivity contribution in [3.8, 4) is 11.5 Å². The lowest BCUT2D eigenvalue weighted by atomic mass is 10.2. The van der Waals surface area contributed by atoms with Crippen LogP contribution in [0.4, 0.5) is 14.5 Å². The summed E-state index contributed by atoms with van der Waals surface area (Å²) in [5, 5.41) is 6.00. The third-order valence-electron chi connectivity index (χ3n) is 4.83. The second-order valence-electron chi connectivity index (χ2n) is 6.76. The molecule has 2 aromatic rings. The third-order valence-corrected chi connectivity index (χ3v) is 4.83. The number of halogens is 2. The number of amides is 1. The minimum atomic E-state index is -2.97. The van der Waals surface area contributed by atoms with Crippen molar-refractivity contribution in [1.29, 1.82) is 0 Å². The summed E-state index contributed by atoms with van der Waals surface area (Å²) < 4.78 is 35.8. The first-order valence-corrected chi connectivity index (χ1v) is 10.1. The van der Waals surface area contributed by atoms with Crippen molar-refractivity contribution in [3.63, 3.8) is 0 Å². The van der Waals surface area contributed by atoms with Crippen molar-refractivity contribution in [2.75, 3.05) is 31.6 Å². The van der Waals surface area contributed by atoms with Gasteiger partial charge in [0.15, 0.2) is 17.5 Å². The number of nitrogens with zero attached hydrogens (tertiary/aromatic N) is 2. The molecule has 2 aromatic carbocycles. The van der Waals surface area contributed by atoms with Crippen molar-refractivity contribution in [3.05, 3.63) is 53.6 Å². The van der Waals surface area contributed by atoms with Crippen LogP contribution in [0.25, 0.3) is 0 Å². The maximum atomic E-state index is 12.9.